The van der Waals surface area contributed by atoms with Gasteiger partial charge in [-0.2, -0.15) is 5.10 Å². The van der Waals surface area contributed by atoms with Gasteiger partial charge in [0.05, 0.1) is 11.8 Å². The molecule has 0 atom stereocenters. The van der Waals surface area contributed by atoms with E-state index in [2.05, 4.69) is 36.1 Å². The molecule has 1 aromatic rings. The van der Waals surface area contributed by atoms with E-state index in [1.807, 2.05) is 11.9 Å². The number of amidine groups is 1. The van der Waals surface area contributed by atoms with Gasteiger partial charge in [0.2, 0.25) is 0 Å². The van der Waals surface area contributed by atoms with Crippen molar-refractivity contribution >= 4 is 11.7 Å². The fraction of sp³-hybridized carbons (Fsp3) is 0.545. The van der Waals surface area contributed by atoms with Gasteiger partial charge < -0.3 is 15.8 Å². The van der Waals surface area contributed by atoms with Crippen molar-refractivity contribution in [2.45, 2.75) is 20.8 Å². The van der Waals surface area contributed by atoms with E-state index in [-0.39, 0.29) is 11.3 Å². The second-order valence-electron chi connectivity index (χ2n) is 5.17. The molecule has 0 unspecified atom stereocenters. The third-order valence-electron chi connectivity index (χ3n) is 2.16. The highest BCUT2D eigenvalue weighted by Crippen LogP contribution is 2.20. The average molecular weight is 237 g/mol. The van der Waals surface area contributed by atoms with Crippen LogP contribution in [-0.2, 0) is 0 Å². The molecule has 94 valence electrons. The van der Waals surface area contributed by atoms with Crippen LogP contribution in [0.25, 0.3) is 0 Å². The first-order valence-electron chi connectivity index (χ1n) is 5.36. The third-order valence-corrected chi connectivity index (χ3v) is 2.16. The fourth-order valence-electron chi connectivity index (χ4n) is 1.65. The summed E-state index contributed by atoms with van der Waals surface area (Å²) in [7, 11) is 1.91. The summed E-state index contributed by atoms with van der Waals surface area (Å²) >= 11 is 0. The summed E-state index contributed by atoms with van der Waals surface area (Å²) in [5.41, 5.74) is 6.30. The molecule has 0 aromatic carbocycles. The minimum absolute atomic E-state index is 0.0376. The van der Waals surface area contributed by atoms with E-state index < -0.39 is 0 Å². The zero-order valence-electron chi connectivity index (χ0n) is 10.7. The molecule has 0 spiro atoms. The predicted molar refractivity (Wildman–Crippen MR) is 67.3 cm³/mol. The van der Waals surface area contributed by atoms with Crippen LogP contribution in [0.5, 0.6) is 0 Å². The Bertz CT molecular complexity index is 411. The molecule has 0 fully saturated rings. The molecule has 6 nitrogen and oxygen atoms in total. The molecule has 0 aliphatic carbocycles. The lowest BCUT2D eigenvalue weighted by atomic mass is 9.96. The molecular weight excluding hydrogens is 218 g/mol. The van der Waals surface area contributed by atoms with Crippen LogP contribution in [0.2, 0.25) is 0 Å². The Morgan fingerprint density at radius 2 is 2.18 bits per heavy atom. The summed E-state index contributed by atoms with van der Waals surface area (Å²) < 4.78 is 0. The standard InChI is InChI=1S/C11H19N5O/c1-11(2,3)7-16(4)10-8(9(12)15-17)5-6-13-14-10/h5-6,17H,7H2,1-4H3,(H2,12,15). The van der Waals surface area contributed by atoms with Gasteiger partial charge in [0, 0.05) is 13.6 Å². The smallest absolute Gasteiger partial charge is 0.173 e. The molecule has 0 amide bonds. The van der Waals surface area contributed by atoms with Crippen LogP contribution >= 0.6 is 0 Å². The molecule has 0 saturated heterocycles. The van der Waals surface area contributed by atoms with Crippen molar-refractivity contribution in [1.82, 2.24) is 10.2 Å². The maximum absolute atomic E-state index is 8.72. The molecule has 0 aliphatic rings. The van der Waals surface area contributed by atoms with Crippen LogP contribution in [0.4, 0.5) is 5.82 Å². The van der Waals surface area contributed by atoms with Crippen LogP contribution in [0.1, 0.15) is 26.3 Å². The van der Waals surface area contributed by atoms with E-state index >= 15 is 0 Å². The molecule has 3 N–H and O–H groups in total. The van der Waals surface area contributed by atoms with E-state index in [0.29, 0.717) is 11.4 Å². The van der Waals surface area contributed by atoms with Crippen molar-refractivity contribution in [3.05, 3.63) is 17.8 Å². The van der Waals surface area contributed by atoms with Gasteiger partial charge in [-0.05, 0) is 11.5 Å². The molecule has 1 heterocycles. The van der Waals surface area contributed by atoms with Gasteiger partial charge in [0.1, 0.15) is 0 Å². The van der Waals surface area contributed by atoms with Gasteiger partial charge in [0.15, 0.2) is 11.7 Å². The van der Waals surface area contributed by atoms with E-state index in [4.69, 9.17) is 10.9 Å². The number of oxime groups is 1. The molecule has 0 saturated carbocycles. The first-order valence-corrected chi connectivity index (χ1v) is 5.36. The van der Waals surface area contributed by atoms with Crippen molar-refractivity contribution < 1.29 is 5.21 Å². The minimum Gasteiger partial charge on any atom is -0.409 e. The molecule has 6 heteroatoms. The molecule has 0 radical (unpaired) electrons. The Labute approximate surface area is 101 Å². The lowest BCUT2D eigenvalue weighted by Gasteiger charge is -2.28. The van der Waals surface area contributed by atoms with Gasteiger partial charge in [-0.15, -0.1) is 5.10 Å². The van der Waals surface area contributed by atoms with Gasteiger partial charge in [0.25, 0.3) is 0 Å². The molecular formula is C11H19N5O. The quantitative estimate of drug-likeness (QED) is 0.355. The highest BCUT2D eigenvalue weighted by Gasteiger charge is 2.18. The first-order chi connectivity index (χ1) is 7.85. The summed E-state index contributed by atoms with van der Waals surface area (Å²) in [5.74, 6) is 0.647. The zero-order valence-corrected chi connectivity index (χ0v) is 10.7. The maximum Gasteiger partial charge on any atom is 0.173 e. The topological polar surface area (TPSA) is 87.6 Å². The van der Waals surface area contributed by atoms with Crippen LogP contribution < -0.4 is 10.6 Å². The number of nitrogens with zero attached hydrogens (tertiary/aromatic N) is 4. The van der Waals surface area contributed by atoms with Gasteiger partial charge in [-0.3, -0.25) is 0 Å². The second kappa shape index (κ2) is 4.99. The number of anilines is 1. The summed E-state index contributed by atoms with van der Waals surface area (Å²) in [5, 5.41) is 19.6. The third kappa shape index (κ3) is 3.58. The van der Waals surface area contributed by atoms with E-state index in [1.165, 1.54) is 6.20 Å². The Hall–Kier alpha value is -1.85. The van der Waals surface area contributed by atoms with Crippen molar-refractivity contribution in [1.29, 1.82) is 0 Å². The normalized spacial score (nSPS) is 12.6. The van der Waals surface area contributed by atoms with Crippen molar-refractivity contribution in [2.75, 3.05) is 18.5 Å². The predicted octanol–water partition coefficient (Wildman–Crippen LogP) is 1.05. The van der Waals surface area contributed by atoms with Gasteiger partial charge in [-0.25, -0.2) is 0 Å². The summed E-state index contributed by atoms with van der Waals surface area (Å²) in [4.78, 5) is 1.94. The van der Waals surface area contributed by atoms with Crippen LogP contribution in [0.3, 0.4) is 0 Å². The Morgan fingerprint density at radius 1 is 1.53 bits per heavy atom. The lowest BCUT2D eigenvalue weighted by Crippen LogP contribution is -2.32. The Balaban J connectivity index is 3.05. The number of aromatic nitrogens is 2. The van der Waals surface area contributed by atoms with E-state index in [1.54, 1.807) is 6.07 Å². The van der Waals surface area contributed by atoms with Crippen LogP contribution in [0, 0.1) is 5.41 Å². The molecule has 1 aromatic heterocycles. The monoisotopic (exact) mass is 237 g/mol. The fourth-order valence-corrected chi connectivity index (χ4v) is 1.65. The number of hydrogen-bond donors (Lipinski definition) is 2. The largest absolute Gasteiger partial charge is 0.409 e. The average Bonchev–Trinajstić information content (AvgIpc) is 2.25. The molecule has 0 bridgehead atoms. The zero-order chi connectivity index (χ0) is 13.1. The van der Waals surface area contributed by atoms with Crippen molar-refractivity contribution in [3.63, 3.8) is 0 Å². The van der Waals surface area contributed by atoms with Gasteiger partial charge >= 0.3 is 0 Å². The van der Waals surface area contributed by atoms with Crippen molar-refractivity contribution in [3.8, 4) is 0 Å². The number of nitrogens with two attached hydrogens (primary N) is 1. The Morgan fingerprint density at radius 3 is 2.71 bits per heavy atom. The number of rotatable bonds is 3. The maximum atomic E-state index is 8.72. The molecule has 0 aliphatic heterocycles. The summed E-state index contributed by atoms with van der Waals surface area (Å²) in [6.07, 6.45) is 1.52. The van der Waals surface area contributed by atoms with Gasteiger partial charge in [-0.1, -0.05) is 25.9 Å². The summed E-state index contributed by atoms with van der Waals surface area (Å²) in [6, 6.07) is 1.68. The van der Waals surface area contributed by atoms with Crippen molar-refractivity contribution in [2.24, 2.45) is 16.3 Å². The highest BCUT2D eigenvalue weighted by molar-refractivity contribution is 6.01. The van der Waals surface area contributed by atoms with Crippen LogP contribution in [-0.4, -0.2) is 34.8 Å². The molecule has 17 heavy (non-hydrogen) atoms. The second-order valence-corrected chi connectivity index (χ2v) is 5.17. The van der Waals surface area contributed by atoms with Crippen LogP contribution in [0.15, 0.2) is 17.4 Å². The van der Waals surface area contributed by atoms with E-state index in [9.17, 15) is 0 Å². The Kier molecular flexibility index (Phi) is 3.88. The van der Waals surface area contributed by atoms with E-state index in [0.717, 1.165) is 6.54 Å². The lowest BCUT2D eigenvalue weighted by molar-refractivity contribution is 0.318. The SMILES string of the molecule is CN(CC(C)(C)C)c1nnccc1/C(N)=N/O. The molecule has 1 rings (SSSR count). The highest BCUT2D eigenvalue weighted by atomic mass is 16.4. The summed E-state index contributed by atoms with van der Waals surface area (Å²) in [6.45, 7) is 7.17. The first kappa shape index (κ1) is 13.2. The minimum atomic E-state index is 0.0376. The number of hydrogen-bond acceptors (Lipinski definition) is 5.